The second-order valence-corrected chi connectivity index (χ2v) is 6.53. The summed E-state index contributed by atoms with van der Waals surface area (Å²) in [6, 6.07) is 17.3. The zero-order valence-electron chi connectivity index (χ0n) is 14.2. The van der Waals surface area contributed by atoms with E-state index in [2.05, 4.69) is 84.2 Å². The van der Waals surface area contributed by atoms with Gasteiger partial charge in [0.2, 0.25) is 0 Å². The summed E-state index contributed by atoms with van der Waals surface area (Å²) in [6.07, 6.45) is 5.55. The van der Waals surface area contributed by atoms with E-state index in [1.54, 1.807) is 0 Å². The molecule has 0 radical (unpaired) electrons. The van der Waals surface area contributed by atoms with Crippen molar-refractivity contribution in [2.24, 2.45) is 0 Å². The Morgan fingerprint density at radius 2 is 1.83 bits per heavy atom. The molecule has 0 saturated heterocycles. The summed E-state index contributed by atoms with van der Waals surface area (Å²) in [7, 11) is 2.21. The normalized spacial score (nSPS) is 14.8. The first-order valence-corrected chi connectivity index (χ1v) is 8.26. The summed E-state index contributed by atoms with van der Waals surface area (Å²) in [4.78, 5) is 2.41. The number of hydrogen-bond donors (Lipinski definition) is 0. The van der Waals surface area contributed by atoms with E-state index in [0.717, 1.165) is 19.5 Å². The van der Waals surface area contributed by atoms with Crippen LogP contribution in [0.3, 0.4) is 0 Å². The van der Waals surface area contributed by atoms with Crippen molar-refractivity contribution >= 4 is 35.6 Å². The summed E-state index contributed by atoms with van der Waals surface area (Å²) in [6.45, 7) is 4.35. The van der Waals surface area contributed by atoms with Gasteiger partial charge in [-0.3, -0.25) is 0 Å². The molecule has 0 spiro atoms. The number of hydrogen-bond acceptors (Lipinski definition) is 1. The molecule has 4 rings (SSSR count). The van der Waals surface area contributed by atoms with Gasteiger partial charge in [0.15, 0.2) is 0 Å². The quantitative estimate of drug-likeness (QED) is 0.639. The van der Waals surface area contributed by atoms with E-state index in [9.17, 15) is 0 Å². The molecule has 24 heavy (non-hydrogen) atoms. The molecule has 0 unspecified atom stereocenters. The van der Waals surface area contributed by atoms with E-state index in [0.29, 0.717) is 0 Å². The van der Waals surface area contributed by atoms with Crippen LogP contribution in [0, 0.1) is 6.92 Å². The van der Waals surface area contributed by atoms with Crippen molar-refractivity contribution in [3.63, 3.8) is 0 Å². The van der Waals surface area contributed by atoms with Crippen molar-refractivity contribution in [3.05, 3.63) is 70.9 Å². The summed E-state index contributed by atoms with van der Waals surface area (Å²) in [5.74, 6) is 0. The molecule has 1 aliphatic rings. The molecular formula is C21H23ClN2. The lowest BCUT2D eigenvalue weighted by Crippen LogP contribution is -2.26. The second kappa shape index (κ2) is 6.84. The van der Waals surface area contributed by atoms with E-state index in [1.807, 2.05) is 0 Å². The van der Waals surface area contributed by atoms with E-state index in [4.69, 9.17) is 0 Å². The highest BCUT2D eigenvalue weighted by Gasteiger charge is 2.21. The lowest BCUT2D eigenvalue weighted by Gasteiger charge is -2.23. The van der Waals surface area contributed by atoms with Gasteiger partial charge in [0.1, 0.15) is 0 Å². The molecule has 0 atom stereocenters. The maximum Gasteiger partial charge on any atom is 0.0528 e. The van der Waals surface area contributed by atoms with Gasteiger partial charge in [-0.2, -0.15) is 0 Å². The number of fused-ring (bicyclic) bond motifs is 3. The standard InChI is InChI=1S/C21H22N2.ClH/c1-16-8-9-20-18(14-16)19-15-22(2)12-11-21(19)23(20)13-10-17-6-4-3-5-7-17;/h3-10,13-14H,11-12,15H2,1-2H3;1H/b13-10+;. The molecular weight excluding hydrogens is 316 g/mol. The fraction of sp³-hybridized carbons (Fsp3) is 0.238. The molecule has 2 nitrogen and oxygen atoms in total. The van der Waals surface area contributed by atoms with Crippen LogP contribution >= 0.6 is 12.4 Å². The smallest absolute Gasteiger partial charge is 0.0528 e. The van der Waals surface area contributed by atoms with Crippen LogP contribution in [0.4, 0.5) is 0 Å². The predicted octanol–water partition coefficient (Wildman–Crippen LogP) is 4.99. The lowest BCUT2D eigenvalue weighted by molar-refractivity contribution is 0.312. The van der Waals surface area contributed by atoms with Crippen LogP contribution in [0.15, 0.2) is 48.5 Å². The second-order valence-electron chi connectivity index (χ2n) is 6.53. The first kappa shape index (κ1) is 16.8. The molecule has 3 aromatic rings. The minimum Gasteiger partial charge on any atom is -0.320 e. The number of aromatic nitrogens is 1. The molecule has 0 aliphatic carbocycles. The average molecular weight is 339 g/mol. The summed E-state index contributed by atoms with van der Waals surface area (Å²) >= 11 is 0. The molecule has 2 aromatic carbocycles. The lowest BCUT2D eigenvalue weighted by atomic mass is 10.0. The van der Waals surface area contributed by atoms with Crippen LogP contribution in [-0.4, -0.2) is 23.1 Å². The molecule has 0 fully saturated rings. The summed E-state index contributed by atoms with van der Waals surface area (Å²) in [5.41, 5.74) is 6.86. The van der Waals surface area contributed by atoms with E-state index < -0.39 is 0 Å². The van der Waals surface area contributed by atoms with Crippen molar-refractivity contribution < 1.29 is 0 Å². The average Bonchev–Trinajstić information content (AvgIpc) is 2.86. The van der Waals surface area contributed by atoms with E-state index in [1.165, 1.54) is 33.3 Å². The van der Waals surface area contributed by atoms with Crippen LogP contribution in [0.1, 0.15) is 22.4 Å². The Hall–Kier alpha value is -2.03. The Morgan fingerprint density at radius 3 is 2.62 bits per heavy atom. The summed E-state index contributed by atoms with van der Waals surface area (Å²) in [5, 5.41) is 1.41. The molecule has 2 heterocycles. The van der Waals surface area contributed by atoms with Gasteiger partial charge < -0.3 is 9.47 Å². The topological polar surface area (TPSA) is 8.17 Å². The van der Waals surface area contributed by atoms with Gasteiger partial charge in [-0.15, -0.1) is 12.4 Å². The van der Waals surface area contributed by atoms with Gasteiger partial charge in [0.05, 0.1) is 5.52 Å². The van der Waals surface area contributed by atoms with Gasteiger partial charge in [-0.1, -0.05) is 42.0 Å². The zero-order chi connectivity index (χ0) is 15.8. The number of benzene rings is 2. The third-order valence-corrected chi connectivity index (χ3v) is 4.75. The van der Waals surface area contributed by atoms with E-state index in [-0.39, 0.29) is 12.4 Å². The largest absolute Gasteiger partial charge is 0.320 e. The van der Waals surface area contributed by atoms with Crippen molar-refractivity contribution in [3.8, 4) is 0 Å². The summed E-state index contributed by atoms with van der Waals surface area (Å²) < 4.78 is 2.39. The molecule has 0 saturated carbocycles. The maximum atomic E-state index is 2.41. The number of halogens is 1. The molecule has 1 aliphatic heterocycles. The zero-order valence-corrected chi connectivity index (χ0v) is 15.0. The van der Waals surface area contributed by atoms with Crippen LogP contribution in [0.25, 0.3) is 23.2 Å². The van der Waals surface area contributed by atoms with E-state index >= 15 is 0 Å². The van der Waals surface area contributed by atoms with Crippen LogP contribution < -0.4 is 0 Å². The van der Waals surface area contributed by atoms with Gasteiger partial charge >= 0.3 is 0 Å². The Morgan fingerprint density at radius 1 is 1.04 bits per heavy atom. The third kappa shape index (κ3) is 3.00. The first-order valence-electron chi connectivity index (χ1n) is 8.26. The van der Waals surface area contributed by atoms with Crippen molar-refractivity contribution in [2.75, 3.05) is 13.6 Å². The molecule has 0 amide bonds. The SMILES string of the molecule is Cc1ccc2c(c1)c1c(n2/C=C/c2ccccc2)CCN(C)C1.Cl. The first-order chi connectivity index (χ1) is 11.2. The van der Waals surface area contributed by atoms with Crippen molar-refractivity contribution in [1.82, 2.24) is 9.47 Å². The minimum atomic E-state index is 0. The Bertz CT molecular complexity index is 878. The number of nitrogens with zero attached hydrogens (tertiary/aromatic N) is 2. The highest BCUT2D eigenvalue weighted by molar-refractivity contribution is 5.89. The highest BCUT2D eigenvalue weighted by atomic mass is 35.5. The fourth-order valence-electron chi connectivity index (χ4n) is 3.54. The minimum absolute atomic E-state index is 0. The van der Waals surface area contributed by atoms with Crippen LogP contribution in [0.5, 0.6) is 0 Å². The van der Waals surface area contributed by atoms with Crippen LogP contribution in [0.2, 0.25) is 0 Å². The van der Waals surface area contributed by atoms with Gasteiger partial charge in [0.25, 0.3) is 0 Å². The van der Waals surface area contributed by atoms with Gasteiger partial charge in [-0.25, -0.2) is 0 Å². The monoisotopic (exact) mass is 338 g/mol. The molecule has 3 heteroatoms. The number of likely N-dealkylation sites (N-methyl/N-ethyl adjacent to an activating group) is 1. The molecule has 1 aromatic heterocycles. The molecule has 124 valence electrons. The number of aryl methyl sites for hydroxylation is 1. The van der Waals surface area contributed by atoms with Gasteiger partial charge in [-0.05, 0) is 43.3 Å². The fourth-order valence-corrected chi connectivity index (χ4v) is 3.54. The highest BCUT2D eigenvalue weighted by Crippen LogP contribution is 2.31. The Balaban J connectivity index is 0.00000169. The van der Waals surface area contributed by atoms with Crippen molar-refractivity contribution in [2.45, 2.75) is 19.9 Å². The maximum absolute atomic E-state index is 2.41. The molecule has 0 N–H and O–H groups in total. The third-order valence-electron chi connectivity index (χ3n) is 4.75. The predicted molar refractivity (Wildman–Crippen MR) is 106 cm³/mol. The van der Waals surface area contributed by atoms with Crippen LogP contribution in [-0.2, 0) is 13.0 Å². The van der Waals surface area contributed by atoms with Crippen molar-refractivity contribution in [1.29, 1.82) is 0 Å². The Labute approximate surface area is 149 Å². The Kier molecular flexibility index (Phi) is 4.79. The van der Waals surface area contributed by atoms with Gasteiger partial charge in [0, 0.05) is 36.8 Å². The molecule has 0 bridgehead atoms. The number of rotatable bonds is 2.